The van der Waals surface area contributed by atoms with Gasteiger partial charge in [0.25, 0.3) is 0 Å². The molecule has 1 rings (SSSR count). The van der Waals surface area contributed by atoms with Crippen molar-refractivity contribution in [2.45, 2.75) is 27.2 Å². The minimum absolute atomic E-state index is 0.279. The van der Waals surface area contributed by atoms with Crippen molar-refractivity contribution in [3.05, 3.63) is 29.8 Å². The largest absolute Gasteiger partial charge is 0.497 e. The summed E-state index contributed by atoms with van der Waals surface area (Å²) in [5.41, 5.74) is 1.62. The molecule has 96 valence electrons. The Morgan fingerprint density at radius 1 is 1.35 bits per heavy atom. The van der Waals surface area contributed by atoms with E-state index in [9.17, 15) is 0 Å². The number of nitrogens with one attached hydrogen (secondary N) is 1. The fourth-order valence-electron chi connectivity index (χ4n) is 2.12. The highest BCUT2D eigenvalue weighted by Gasteiger charge is 2.27. The lowest BCUT2D eigenvalue weighted by Crippen LogP contribution is -2.36. The number of ether oxygens (including phenoxy) is 1. The van der Waals surface area contributed by atoms with E-state index in [1.54, 1.807) is 7.11 Å². The van der Waals surface area contributed by atoms with Gasteiger partial charge in [-0.25, -0.2) is 0 Å². The minimum atomic E-state index is 0.279. The van der Waals surface area contributed by atoms with E-state index < -0.39 is 0 Å². The van der Waals surface area contributed by atoms with E-state index in [2.05, 4.69) is 44.3 Å². The molecule has 1 aromatic rings. The predicted molar refractivity (Wildman–Crippen MR) is 73.6 cm³/mol. The second-order valence-corrected chi connectivity index (χ2v) is 5.37. The van der Waals surface area contributed by atoms with Crippen molar-refractivity contribution >= 4 is 0 Å². The van der Waals surface area contributed by atoms with Crippen LogP contribution in [0.15, 0.2) is 24.3 Å². The van der Waals surface area contributed by atoms with Crippen molar-refractivity contribution in [1.82, 2.24) is 5.32 Å². The van der Waals surface area contributed by atoms with Crippen LogP contribution in [0, 0.1) is 11.3 Å². The van der Waals surface area contributed by atoms with Crippen molar-refractivity contribution in [2.75, 3.05) is 20.7 Å². The molecule has 0 saturated carbocycles. The van der Waals surface area contributed by atoms with Gasteiger partial charge in [-0.3, -0.25) is 0 Å². The number of methoxy groups -OCH3 is 1. The lowest BCUT2D eigenvalue weighted by molar-refractivity contribution is 0.212. The maximum Gasteiger partial charge on any atom is 0.119 e. The van der Waals surface area contributed by atoms with Crippen LogP contribution in [0.5, 0.6) is 5.75 Å². The van der Waals surface area contributed by atoms with Crippen LogP contribution < -0.4 is 10.1 Å². The highest BCUT2D eigenvalue weighted by Crippen LogP contribution is 2.31. The van der Waals surface area contributed by atoms with Crippen LogP contribution in [0.2, 0.25) is 0 Å². The molecule has 0 radical (unpaired) electrons. The fourth-order valence-corrected chi connectivity index (χ4v) is 2.12. The Kier molecular flexibility index (Phi) is 5.01. The van der Waals surface area contributed by atoms with E-state index >= 15 is 0 Å². The van der Waals surface area contributed by atoms with Gasteiger partial charge in [-0.05, 0) is 42.5 Å². The Morgan fingerprint density at radius 3 is 2.59 bits per heavy atom. The normalized spacial score (nSPS) is 14.7. The summed E-state index contributed by atoms with van der Waals surface area (Å²) >= 11 is 0. The van der Waals surface area contributed by atoms with Crippen LogP contribution in [0.25, 0.3) is 0 Å². The highest BCUT2D eigenvalue weighted by molar-refractivity contribution is 5.29. The van der Waals surface area contributed by atoms with E-state index in [4.69, 9.17) is 4.74 Å². The first-order valence-corrected chi connectivity index (χ1v) is 6.29. The van der Waals surface area contributed by atoms with E-state index in [1.807, 2.05) is 13.1 Å². The average molecular weight is 235 g/mol. The lowest BCUT2D eigenvalue weighted by atomic mass is 9.74. The Bertz CT molecular complexity index is 349. The van der Waals surface area contributed by atoms with Crippen molar-refractivity contribution in [3.8, 4) is 5.75 Å². The standard InChI is InChI=1S/C15H25NO/c1-12(2)15(3,11-16-4)10-13-7-6-8-14(9-13)17-5/h6-9,12,16H,10-11H2,1-5H3. The second kappa shape index (κ2) is 6.06. The Morgan fingerprint density at radius 2 is 2.06 bits per heavy atom. The van der Waals surface area contributed by atoms with Crippen LogP contribution in [-0.2, 0) is 6.42 Å². The molecule has 0 spiro atoms. The zero-order valence-corrected chi connectivity index (χ0v) is 11.7. The smallest absolute Gasteiger partial charge is 0.119 e. The molecule has 0 bridgehead atoms. The monoisotopic (exact) mass is 235 g/mol. The molecule has 0 saturated heterocycles. The van der Waals surface area contributed by atoms with E-state index in [-0.39, 0.29) is 5.41 Å². The molecular formula is C15H25NO. The van der Waals surface area contributed by atoms with Gasteiger partial charge in [0.15, 0.2) is 0 Å². The molecule has 0 heterocycles. The molecular weight excluding hydrogens is 210 g/mol. The molecule has 1 aromatic carbocycles. The van der Waals surface area contributed by atoms with E-state index in [0.717, 1.165) is 18.7 Å². The van der Waals surface area contributed by atoms with Crippen molar-refractivity contribution in [1.29, 1.82) is 0 Å². The summed E-state index contributed by atoms with van der Waals surface area (Å²) in [7, 11) is 3.74. The van der Waals surface area contributed by atoms with Crippen LogP contribution in [0.3, 0.4) is 0 Å². The molecule has 17 heavy (non-hydrogen) atoms. The third kappa shape index (κ3) is 3.74. The average Bonchev–Trinajstić information content (AvgIpc) is 2.29. The zero-order chi connectivity index (χ0) is 12.9. The molecule has 1 unspecified atom stereocenters. The number of hydrogen-bond donors (Lipinski definition) is 1. The van der Waals surface area contributed by atoms with Gasteiger partial charge in [-0.15, -0.1) is 0 Å². The molecule has 1 atom stereocenters. The van der Waals surface area contributed by atoms with Gasteiger partial charge in [-0.2, -0.15) is 0 Å². The number of rotatable bonds is 6. The zero-order valence-electron chi connectivity index (χ0n) is 11.7. The van der Waals surface area contributed by atoms with Crippen LogP contribution >= 0.6 is 0 Å². The second-order valence-electron chi connectivity index (χ2n) is 5.37. The third-order valence-corrected chi connectivity index (χ3v) is 3.72. The van der Waals surface area contributed by atoms with Gasteiger partial charge in [0, 0.05) is 6.54 Å². The predicted octanol–water partition coefficient (Wildman–Crippen LogP) is 3.12. The Labute approximate surface area is 105 Å². The first-order chi connectivity index (χ1) is 8.01. The summed E-state index contributed by atoms with van der Waals surface area (Å²) in [5, 5.41) is 3.31. The molecule has 0 amide bonds. The van der Waals surface area contributed by atoms with Gasteiger partial charge in [-0.1, -0.05) is 32.9 Å². The maximum atomic E-state index is 5.27. The van der Waals surface area contributed by atoms with Gasteiger partial charge >= 0.3 is 0 Å². The number of benzene rings is 1. The molecule has 0 aliphatic heterocycles. The quantitative estimate of drug-likeness (QED) is 0.818. The molecule has 0 aliphatic rings. The van der Waals surface area contributed by atoms with Gasteiger partial charge < -0.3 is 10.1 Å². The summed E-state index contributed by atoms with van der Waals surface area (Å²) in [4.78, 5) is 0. The fraction of sp³-hybridized carbons (Fsp3) is 0.600. The van der Waals surface area contributed by atoms with Crippen LogP contribution in [0.4, 0.5) is 0 Å². The summed E-state index contributed by atoms with van der Waals surface area (Å²) in [5.74, 6) is 1.58. The first kappa shape index (κ1) is 14.0. The van der Waals surface area contributed by atoms with Gasteiger partial charge in [0.05, 0.1) is 7.11 Å². The Hall–Kier alpha value is -1.02. The molecule has 0 aromatic heterocycles. The van der Waals surface area contributed by atoms with Crippen molar-refractivity contribution < 1.29 is 4.74 Å². The van der Waals surface area contributed by atoms with E-state index in [0.29, 0.717) is 5.92 Å². The van der Waals surface area contributed by atoms with Gasteiger partial charge in [0.1, 0.15) is 5.75 Å². The molecule has 2 heteroatoms. The summed E-state index contributed by atoms with van der Waals surface area (Å²) in [6.45, 7) is 7.95. The third-order valence-electron chi connectivity index (χ3n) is 3.72. The maximum absolute atomic E-state index is 5.27. The summed E-state index contributed by atoms with van der Waals surface area (Å²) in [6.07, 6.45) is 1.07. The molecule has 2 nitrogen and oxygen atoms in total. The highest BCUT2D eigenvalue weighted by atomic mass is 16.5. The van der Waals surface area contributed by atoms with Crippen LogP contribution in [-0.4, -0.2) is 20.7 Å². The summed E-state index contributed by atoms with van der Waals surface area (Å²) < 4.78 is 5.27. The van der Waals surface area contributed by atoms with Crippen LogP contribution in [0.1, 0.15) is 26.3 Å². The summed E-state index contributed by atoms with van der Waals surface area (Å²) in [6, 6.07) is 8.37. The van der Waals surface area contributed by atoms with Crippen molar-refractivity contribution in [3.63, 3.8) is 0 Å². The first-order valence-electron chi connectivity index (χ1n) is 6.29. The topological polar surface area (TPSA) is 21.3 Å². The molecule has 1 N–H and O–H groups in total. The lowest BCUT2D eigenvalue weighted by Gasteiger charge is -2.34. The number of hydrogen-bond acceptors (Lipinski definition) is 2. The van der Waals surface area contributed by atoms with E-state index in [1.165, 1.54) is 5.56 Å². The van der Waals surface area contributed by atoms with Gasteiger partial charge in [0.2, 0.25) is 0 Å². The Balaban J connectivity index is 2.85. The SMILES string of the molecule is CNCC(C)(Cc1cccc(OC)c1)C(C)C. The molecule has 0 aliphatic carbocycles. The molecule has 0 fully saturated rings. The minimum Gasteiger partial charge on any atom is -0.497 e. The van der Waals surface area contributed by atoms with Crippen molar-refractivity contribution in [2.24, 2.45) is 11.3 Å².